The summed E-state index contributed by atoms with van der Waals surface area (Å²) in [7, 11) is 0. The van der Waals surface area contributed by atoms with Crippen LogP contribution in [0.1, 0.15) is 36.9 Å². The number of imidazole rings is 1. The van der Waals surface area contributed by atoms with E-state index >= 15 is 0 Å². The molecule has 0 bridgehead atoms. The number of hydrogen-bond donors (Lipinski definition) is 0. The average Bonchev–Trinajstić information content (AvgIpc) is 3.16. The molecule has 1 heterocycles. The molecule has 3 nitrogen and oxygen atoms in total. The van der Waals surface area contributed by atoms with Crippen LogP contribution in [0, 0.1) is 11.3 Å². The second-order valence-electron chi connectivity index (χ2n) is 5.58. The number of para-hydroxylation sites is 1. The van der Waals surface area contributed by atoms with E-state index < -0.39 is 17.2 Å². The molecule has 0 atom stereocenters. The van der Waals surface area contributed by atoms with Gasteiger partial charge in [0.25, 0.3) is 0 Å². The first-order valence-electron chi connectivity index (χ1n) is 7.09. The van der Waals surface area contributed by atoms with Gasteiger partial charge in [0.2, 0.25) is 0 Å². The van der Waals surface area contributed by atoms with Gasteiger partial charge in [0, 0.05) is 6.20 Å². The van der Waals surface area contributed by atoms with Gasteiger partial charge in [-0.25, -0.2) is 4.98 Å². The van der Waals surface area contributed by atoms with E-state index in [1.54, 1.807) is 12.3 Å². The van der Waals surface area contributed by atoms with E-state index in [0.29, 0.717) is 18.5 Å². The molecule has 0 radical (unpaired) electrons. The lowest BCUT2D eigenvalue weighted by atomic mass is 9.85. The van der Waals surface area contributed by atoms with Gasteiger partial charge in [0.05, 0.1) is 29.3 Å². The Hall–Kier alpha value is -2.29. The van der Waals surface area contributed by atoms with Gasteiger partial charge >= 0.3 is 6.18 Å². The molecular formula is C16H14F3N3. The van der Waals surface area contributed by atoms with Gasteiger partial charge in [-0.2, -0.15) is 18.4 Å². The normalized spacial score (nSPS) is 17.4. The summed E-state index contributed by atoms with van der Waals surface area (Å²) in [6, 6.07) is 7.67. The van der Waals surface area contributed by atoms with Crippen LogP contribution in [0.25, 0.3) is 5.69 Å². The lowest BCUT2D eigenvalue weighted by molar-refractivity contribution is -0.137. The first-order chi connectivity index (χ1) is 10.5. The van der Waals surface area contributed by atoms with E-state index in [-0.39, 0.29) is 5.69 Å². The summed E-state index contributed by atoms with van der Waals surface area (Å²) in [4.78, 5) is 4.21. The van der Waals surface area contributed by atoms with Crippen molar-refractivity contribution in [2.24, 2.45) is 0 Å². The minimum atomic E-state index is -4.43. The van der Waals surface area contributed by atoms with Crippen molar-refractivity contribution >= 4 is 0 Å². The van der Waals surface area contributed by atoms with Gasteiger partial charge in [0.1, 0.15) is 5.41 Å². The minimum absolute atomic E-state index is 0.0276. The predicted octanol–water partition coefficient (Wildman–Crippen LogP) is 4.23. The highest BCUT2D eigenvalue weighted by Crippen LogP contribution is 2.40. The fourth-order valence-corrected chi connectivity index (χ4v) is 3.04. The van der Waals surface area contributed by atoms with Crippen molar-refractivity contribution in [1.82, 2.24) is 9.55 Å². The topological polar surface area (TPSA) is 41.6 Å². The third-order valence-corrected chi connectivity index (χ3v) is 4.23. The molecule has 6 heteroatoms. The summed E-state index contributed by atoms with van der Waals surface area (Å²) in [5.41, 5.74) is -0.779. The summed E-state index contributed by atoms with van der Waals surface area (Å²) < 4.78 is 40.6. The molecule has 0 N–H and O–H groups in total. The van der Waals surface area contributed by atoms with E-state index in [2.05, 4.69) is 11.1 Å². The predicted molar refractivity (Wildman–Crippen MR) is 74.3 cm³/mol. The largest absolute Gasteiger partial charge is 0.418 e. The van der Waals surface area contributed by atoms with Crippen molar-refractivity contribution in [1.29, 1.82) is 5.26 Å². The lowest BCUT2D eigenvalue weighted by Crippen LogP contribution is -2.19. The number of nitriles is 1. The van der Waals surface area contributed by atoms with Gasteiger partial charge < -0.3 is 4.57 Å². The van der Waals surface area contributed by atoms with Crippen molar-refractivity contribution < 1.29 is 13.2 Å². The molecule has 0 spiro atoms. The second-order valence-corrected chi connectivity index (χ2v) is 5.58. The third-order valence-electron chi connectivity index (χ3n) is 4.23. The Morgan fingerprint density at radius 3 is 2.50 bits per heavy atom. The summed E-state index contributed by atoms with van der Waals surface area (Å²) in [6.45, 7) is 0. The number of hydrogen-bond acceptors (Lipinski definition) is 2. The molecule has 3 rings (SSSR count). The van der Waals surface area contributed by atoms with E-state index in [4.69, 9.17) is 0 Å². The fraction of sp³-hybridized carbons (Fsp3) is 0.375. The number of alkyl halides is 3. The maximum absolute atomic E-state index is 13.1. The molecule has 2 aromatic rings. The molecule has 1 aliphatic carbocycles. The van der Waals surface area contributed by atoms with Crippen molar-refractivity contribution in [2.75, 3.05) is 0 Å². The van der Waals surface area contributed by atoms with Gasteiger partial charge in [-0.15, -0.1) is 0 Å². The van der Waals surface area contributed by atoms with Crippen LogP contribution in [0.2, 0.25) is 0 Å². The summed E-state index contributed by atoms with van der Waals surface area (Å²) in [6.07, 6.45) is 1.79. The molecule has 0 unspecified atom stereocenters. The fourth-order valence-electron chi connectivity index (χ4n) is 3.04. The van der Waals surface area contributed by atoms with E-state index in [1.807, 2.05) is 0 Å². The Kier molecular flexibility index (Phi) is 3.44. The zero-order chi connectivity index (χ0) is 15.8. The first kappa shape index (κ1) is 14.6. The quantitative estimate of drug-likeness (QED) is 0.833. The maximum Gasteiger partial charge on any atom is 0.418 e. The Balaban J connectivity index is 2.04. The number of benzene rings is 1. The smallest absolute Gasteiger partial charge is 0.305 e. The van der Waals surface area contributed by atoms with Crippen molar-refractivity contribution in [3.63, 3.8) is 0 Å². The molecule has 22 heavy (non-hydrogen) atoms. The van der Waals surface area contributed by atoms with E-state index in [9.17, 15) is 18.4 Å². The molecule has 114 valence electrons. The van der Waals surface area contributed by atoms with Crippen LogP contribution in [0.4, 0.5) is 13.2 Å². The summed E-state index contributed by atoms with van der Waals surface area (Å²) in [5.74, 6) is 0. The van der Waals surface area contributed by atoms with Crippen molar-refractivity contribution in [3.05, 3.63) is 48.0 Å². The minimum Gasteiger partial charge on any atom is -0.305 e. The van der Waals surface area contributed by atoms with Crippen LogP contribution < -0.4 is 0 Å². The Bertz CT molecular complexity index is 719. The van der Waals surface area contributed by atoms with Gasteiger partial charge in [-0.3, -0.25) is 0 Å². The molecule has 1 aromatic heterocycles. The summed E-state index contributed by atoms with van der Waals surface area (Å²) in [5, 5.41) is 9.45. The van der Waals surface area contributed by atoms with Gasteiger partial charge in [-0.1, -0.05) is 25.0 Å². The van der Waals surface area contributed by atoms with Gasteiger partial charge in [-0.05, 0) is 25.0 Å². The number of nitrogens with zero attached hydrogens (tertiary/aromatic N) is 3. The molecule has 0 aliphatic heterocycles. The molecule has 1 aliphatic rings. The molecule has 0 saturated heterocycles. The Morgan fingerprint density at radius 1 is 1.18 bits per heavy atom. The van der Waals surface area contributed by atoms with Crippen LogP contribution in [-0.2, 0) is 11.6 Å². The number of rotatable bonds is 2. The molecule has 0 amide bonds. The van der Waals surface area contributed by atoms with Crippen LogP contribution in [0.3, 0.4) is 0 Å². The highest BCUT2D eigenvalue weighted by molar-refractivity contribution is 5.44. The zero-order valence-electron chi connectivity index (χ0n) is 11.8. The standard InChI is InChI=1S/C16H14F3N3/c17-16(18,19)12-5-1-2-6-13(12)22-9-14(21-11-22)15(10-20)7-3-4-8-15/h1-2,5-6,9,11H,3-4,7-8H2. The third kappa shape index (κ3) is 2.37. The van der Waals surface area contributed by atoms with Crippen molar-refractivity contribution in [2.45, 2.75) is 37.3 Å². The van der Waals surface area contributed by atoms with Crippen LogP contribution in [-0.4, -0.2) is 9.55 Å². The maximum atomic E-state index is 13.1. The van der Waals surface area contributed by atoms with E-state index in [0.717, 1.165) is 18.9 Å². The SMILES string of the molecule is N#CC1(c2cn(-c3ccccc3C(F)(F)F)cn2)CCCC1. The monoisotopic (exact) mass is 305 g/mol. The Morgan fingerprint density at radius 2 is 1.86 bits per heavy atom. The molecule has 1 fully saturated rings. The molecule has 1 aromatic carbocycles. The zero-order valence-corrected chi connectivity index (χ0v) is 11.8. The summed E-state index contributed by atoms with van der Waals surface area (Å²) >= 11 is 0. The lowest BCUT2D eigenvalue weighted by Gasteiger charge is -2.17. The van der Waals surface area contributed by atoms with Crippen LogP contribution in [0.15, 0.2) is 36.8 Å². The van der Waals surface area contributed by atoms with E-state index in [1.165, 1.54) is 23.0 Å². The Labute approximate surface area is 126 Å². The van der Waals surface area contributed by atoms with Crippen LogP contribution >= 0.6 is 0 Å². The van der Waals surface area contributed by atoms with Crippen LogP contribution in [0.5, 0.6) is 0 Å². The number of aromatic nitrogens is 2. The second kappa shape index (κ2) is 5.16. The molecular weight excluding hydrogens is 291 g/mol. The van der Waals surface area contributed by atoms with Crippen molar-refractivity contribution in [3.8, 4) is 11.8 Å². The average molecular weight is 305 g/mol. The number of halogens is 3. The first-order valence-corrected chi connectivity index (χ1v) is 7.09. The highest BCUT2D eigenvalue weighted by Gasteiger charge is 2.38. The van der Waals surface area contributed by atoms with Gasteiger partial charge in [0.15, 0.2) is 0 Å². The highest BCUT2D eigenvalue weighted by atomic mass is 19.4. The molecule has 1 saturated carbocycles.